The monoisotopic (exact) mass is 272 g/mol. The van der Waals surface area contributed by atoms with Crippen LogP contribution in [0.1, 0.15) is 17.2 Å². The molecule has 0 amide bonds. The van der Waals surface area contributed by atoms with Crippen LogP contribution in [0.4, 0.5) is 10.1 Å². The van der Waals surface area contributed by atoms with E-state index in [1.165, 1.54) is 11.6 Å². The van der Waals surface area contributed by atoms with Gasteiger partial charge in [0.2, 0.25) is 0 Å². The Bertz CT molecular complexity index is 549. The van der Waals surface area contributed by atoms with E-state index >= 15 is 0 Å². The Morgan fingerprint density at radius 2 is 1.70 bits per heavy atom. The van der Waals surface area contributed by atoms with Crippen LogP contribution in [0.15, 0.2) is 48.5 Å². The Morgan fingerprint density at radius 3 is 2.25 bits per heavy atom. The van der Waals surface area contributed by atoms with Crippen molar-refractivity contribution in [3.63, 3.8) is 0 Å². The topological polar surface area (TPSA) is 15.3 Å². The van der Waals surface area contributed by atoms with Crippen molar-refractivity contribution in [1.29, 1.82) is 0 Å². The minimum absolute atomic E-state index is 0.114. The molecular weight excluding hydrogens is 251 g/mol. The van der Waals surface area contributed by atoms with Gasteiger partial charge in [-0.25, -0.2) is 4.39 Å². The Kier molecular flexibility index (Phi) is 4.74. The molecule has 0 aliphatic carbocycles. The van der Waals surface area contributed by atoms with Gasteiger partial charge in [0.15, 0.2) is 0 Å². The fourth-order valence-electron chi connectivity index (χ4n) is 2.28. The molecule has 2 rings (SSSR count). The fourth-order valence-corrected chi connectivity index (χ4v) is 2.28. The number of hydrogen-bond acceptors (Lipinski definition) is 2. The lowest BCUT2D eigenvalue weighted by Crippen LogP contribution is -2.19. The van der Waals surface area contributed by atoms with Crippen LogP contribution >= 0.6 is 0 Å². The van der Waals surface area contributed by atoms with Gasteiger partial charge in [0.1, 0.15) is 5.82 Å². The lowest BCUT2D eigenvalue weighted by Gasteiger charge is -2.19. The van der Waals surface area contributed by atoms with E-state index in [2.05, 4.69) is 34.5 Å². The SMILES string of the molecule is CNC(Cc1ccccc1F)c1ccc(N(C)C)cc1. The minimum atomic E-state index is -0.141. The van der Waals surface area contributed by atoms with Crippen molar-refractivity contribution in [2.75, 3.05) is 26.0 Å². The summed E-state index contributed by atoms with van der Waals surface area (Å²) < 4.78 is 13.7. The van der Waals surface area contributed by atoms with Crippen LogP contribution < -0.4 is 10.2 Å². The molecule has 0 heterocycles. The van der Waals surface area contributed by atoms with Crippen LogP contribution in [0.25, 0.3) is 0 Å². The van der Waals surface area contributed by atoms with Gasteiger partial charge in [0.05, 0.1) is 0 Å². The number of rotatable bonds is 5. The van der Waals surface area contributed by atoms with Crippen molar-refractivity contribution >= 4 is 5.69 Å². The van der Waals surface area contributed by atoms with E-state index in [1.54, 1.807) is 6.07 Å². The Morgan fingerprint density at radius 1 is 1.05 bits per heavy atom. The molecule has 0 saturated carbocycles. The Balaban J connectivity index is 2.18. The van der Waals surface area contributed by atoms with E-state index < -0.39 is 0 Å². The van der Waals surface area contributed by atoms with Gasteiger partial charge in [-0.2, -0.15) is 0 Å². The molecule has 2 aromatic carbocycles. The average Bonchev–Trinajstić information content (AvgIpc) is 2.46. The molecule has 0 aromatic heterocycles. The third-order valence-electron chi connectivity index (χ3n) is 3.54. The zero-order valence-corrected chi connectivity index (χ0v) is 12.2. The molecular formula is C17H21FN2. The first kappa shape index (κ1) is 14.5. The molecule has 0 bridgehead atoms. The van der Waals surface area contributed by atoms with E-state index in [-0.39, 0.29) is 11.9 Å². The molecule has 106 valence electrons. The third-order valence-corrected chi connectivity index (χ3v) is 3.54. The summed E-state index contributed by atoms with van der Waals surface area (Å²) >= 11 is 0. The molecule has 1 atom stereocenters. The quantitative estimate of drug-likeness (QED) is 0.897. The van der Waals surface area contributed by atoms with E-state index in [4.69, 9.17) is 0 Å². The zero-order chi connectivity index (χ0) is 14.5. The van der Waals surface area contributed by atoms with Crippen molar-refractivity contribution in [3.05, 3.63) is 65.5 Å². The molecule has 3 heteroatoms. The smallest absolute Gasteiger partial charge is 0.126 e. The first-order valence-corrected chi connectivity index (χ1v) is 6.79. The predicted octanol–water partition coefficient (Wildman–Crippen LogP) is 3.39. The van der Waals surface area contributed by atoms with Gasteiger partial charge in [-0.3, -0.25) is 0 Å². The highest BCUT2D eigenvalue weighted by molar-refractivity contribution is 5.46. The summed E-state index contributed by atoms with van der Waals surface area (Å²) in [5.74, 6) is -0.141. The van der Waals surface area contributed by atoms with Crippen molar-refractivity contribution in [2.24, 2.45) is 0 Å². The standard InChI is InChI=1S/C17H21FN2/c1-19-17(12-14-6-4-5-7-16(14)18)13-8-10-15(11-9-13)20(2)3/h4-11,17,19H,12H2,1-3H3. The summed E-state index contributed by atoms with van der Waals surface area (Å²) in [4.78, 5) is 2.06. The molecule has 0 spiro atoms. The maximum atomic E-state index is 13.7. The molecule has 0 fully saturated rings. The Labute approximate surface area is 120 Å². The van der Waals surface area contributed by atoms with Crippen molar-refractivity contribution in [1.82, 2.24) is 5.32 Å². The average molecular weight is 272 g/mol. The summed E-state index contributed by atoms with van der Waals surface area (Å²) in [7, 11) is 5.94. The number of nitrogens with one attached hydrogen (secondary N) is 1. The van der Waals surface area contributed by atoms with Gasteiger partial charge >= 0.3 is 0 Å². The van der Waals surface area contributed by atoms with Gasteiger partial charge in [0.25, 0.3) is 0 Å². The van der Waals surface area contributed by atoms with Crippen LogP contribution in [-0.2, 0) is 6.42 Å². The van der Waals surface area contributed by atoms with Crippen LogP contribution in [0.2, 0.25) is 0 Å². The summed E-state index contributed by atoms with van der Waals surface area (Å²) in [5.41, 5.74) is 3.07. The maximum Gasteiger partial charge on any atom is 0.126 e. The van der Waals surface area contributed by atoms with Crippen molar-refractivity contribution in [2.45, 2.75) is 12.5 Å². The molecule has 1 unspecified atom stereocenters. The largest absolute Gasteiger partial charge is 0.378 e. The summed E-state index contributed by atoms with van der Waals surface area (Å²) in [6.45, 7) is 0. The van der Waals surface area contributed by atoms with Gasteiger partial charge in [-0.15, -0.1) is 0 Å². The predicted molar refractivity (Wildman–Crippen MR) is 82.7 cm³/mol. The minimum Gasteiger partial charge on any atom is -0.378 e. The van der Waals surface area contributed by atoms with E-state index in [9.17, 15) is 4.39 Å². The molecule has 20 heavy (non-hydrogen) atoms. The summed E-state index contributed by atoms with van der Waals surface area (Å²) in [6.07, 6.45) is 0.643. The number of hydrogen-bond donors (Lipinski definition) is 1. The number of anilines is 1. The number of nitrogens with zero attached hydrogens (tertiary/aromatic N) is 1. The lowest BCUT2D eigenvalue weighted by molar-refractivity contribution is 0.554. The highest BCUT2D eigenvalue weighted by atomic mass is 19.1. The second-order valence-corrected chi connectivity index (χ2v) is 5.12. The van der Waals surface area contributed by atoms with Crippen molar-refractivity contribution in [3.8, 4) is 0 Å². The number of benzene rings is 2. The lowest BCUT2D eigenvalue weighted by atomic mass is 9.98. The van der Waals surface area contributed by atoms with E-state index in [0.29, 0.717) is 6.42 Å². The van der Waals surface area contributed by atoms with Crippen molar-refractivity contribution < 1.29 is 4.39 Å². The van der Waals surface area contributed by atoms with E-state index in [0.717, 1.165) is 11.3 Å². The van der Waals surface area contributed by atoms with Gasteiger partial charge in [-0.1, -0.05) is 30.3 Å². The number of halogens is 1. The normalized spacial score (nSPS) is 12.2. The first-order valence-electron chi connectivity index (χ1n) is 6.79. The summed E-state index contributed by atoms with van der Waals surface area (Å²) in [5, 5.41) is 3.26. The maximum absolute atomic E-state index is 13.7. The number of likely N-dealkylation sites (N-methyl/N-ethyl adjacent to an activating group) is 1. The highest BCUT2D eigenvalue weighted by Crippen LogP contribution is 2.22. The molecule has 0 saturated heterocycles. The van der Waals surface area contributed by atoms with Gasteiger partial charge in [0, 0.05) is 25.8 Å². The third kappa shape index (κ3) is 3.36. The fraction of sp³-hybridized carbons (Fsp3) is 0.294. The summed E-state index contributed by atoms with van der Waals surface area (Å²) in [6, 6.07) is 15.4. The molecule has 2 nitrogen and oxygen atoms in total. The van der Waals surface area contributed by atoms with Gasteiger partial charge < -0.3 is 10.2 Å². The second kappa shape index (κ2) is 6.53. The van der Waals surface area contributed by atoms with Crippen LogP contribution in [0.5, 0.6) is 0 Å². The highest BCUT2D eigenvalue weighted by Gasteiger charge is 2.12. The van der Waals surface area contributed by atoms with Crippen LogP contribution in [0, 0.1) is 5.82 Å². The molecule has 0 radical (unpaired) electrons. The molecule has 2 aromatic rings. The zero-order valence-electron chi connectivity index (χ0n) is 12.2. The first-order chi connectivity index (χ1) is 9.61. The second-order valence-electron chi connectivity index (χ2n) is 5.12. The van der Waals surface area contributed by atoms with Gasteiger partial charge in [-0.05, 0) is 42.8 Å². The molecule has 1 N–H and O–H groups in total. The molecule has 0 aliphatic rings. The van der Waals surface area contributed by atoms with Crippen LogP contribution in [-0.4, -0.2) is 21.1 Å². The van der Waals surface area contributed by atoms with E-state index in [1.807, 2.05) is 33.3 Å². The molecule has 0 aliphatic heterocycles. The van der Waals surface area contributed by atoms with Crippen LogP contribution in [0.3, 0.4) is 0 Å². The Hall–Kier alpha value is -1.87.